The van der Waals surface area contributed by atoms with E-state index < -0.39 is 0 Å². The molecule has 4 heteroatoms. The summed E-state index contributed by atoms with van der Waals surface area (Å²) in [4.78, 5) is 10.6. The summed E-state index contributed by atoms with van der Waals surface area (Å²) in [6.07, 6.45) is 0. The smallest absolute Gasteiger partial charge is 0.141 e. The van der Waals surface area contributed by atoms with E-state index in [1.807, 2.05) is 0 Å². The molecule has 0 bridgehead atoms. The van der Waals surface area contributed by atoms with Crippen LogP contribution in [-0.4, -0.2) is 19.1 Å². The van der Waals surface area contributed by atoms with Crippen LogP contribution in [0.3, 0.4) is 0 Å². The van der Waals surface area contributed by atoms with Gasteiger partial charge in [0.2, 0.25) is 0 Å². The number of aromatic nitrogens is 4. The number of benzene rings is 9. The number of rotatable bonds is 6. The molecule has 0 amide bonds. The lowest BCUT2D eigenvalue weighted by Gasteiger charge is -2.25. The summed E-state index contributed by atoms with van der Waals surface area (Å²) >= 11 is 0. The van der Waals surface area contributed by atoms with Gasteiger partial charge in [-0.25, -0.2) is 9.97 Å². The second kappa shape index (κ2) is 15.1. The number of hydrogen-bond acceptors (Lipinski definition) is 2. The Labute approximate surface area is 375 Å². The van der Waals surface area contributed by atoms with E-state index in [0.717, 1.165) is 67.1 Å². The van der Waals surface area contributed by atoms with Gasteiger partial charge in [0.1, 0.15) is 11.6 Å². The van der Waals surface area contributed by atoms with Crippen molar-refractivity contribution in [2.24, 2.45) is 0 Å². The molecule has 0 atom stereocenters. The molecule has 0 unspecified atom stereocenters. The van der Waals surface area contributed by atoms with Gasteiger partial charge in [-0.1, -0.05) is 158 Å². The number of hydrogen-bond donors (Lipinski definition) is 0. The Balaban J connectivity index is 1.13. The van der Waals surface area contributed by atoms with E-state index in [4.69, 9.17) is 9.97 Å². The molecule has 310 valence electrons. The van der Waals surface area contributed by atoms with Crippen LogP contribution in [-0.2, 0) is 11.1 Å². The lowest BCUT2D eigenvalue weighted by molar-refractivity contribution is 0.412. The third kappa shape index (κ3) is 6.69. The van der Waals surface area contributed by atoms with Crippen LogP contribution in [0.1, 0.15) is 41.5 Å². The molecule has 0 aliphatic carbocycles. The quantitative estimate of drug-likeness (QED) is 0.157. The van der Waals surface area contributed by atoms with Crippen molar-refractivity contribution in [3.63, 3.8) is 0 Å². The molecule has 2 heterocycles. The van der Waals surface area contributed by atoms with Crippen molar-refractivity contribution in [3.8, 4) is 67.3 Å². The zero-order chi connectivity index (χ0) is 43.7. The van der Waals surface area contributed by atoms with Gasteiger partial charge in [0, 0.05) is 22.2 Å². The maximum Gasteiger partial charge on any atom is 0.141 e. The minimum absolute atomic E-state index is 0.155. The summed E-state index contributed by atoms with van der Waals surface area (Å²) in [5, 5.41) is 4.87. The van der Waals surface area contributed by atoms with Crippen molar-refractivity contribution < 1.29 is 0 Å². The number of fused-ring (bicyclic) bond motifs is 4. The third-order valence-electron chi connectivity index (χ3n) is 12.6. The first-order valence-corrected chi connectivity index (χ1v) is 22.3. The van der Waals surface area contributed by atoms with Gasteiger partial charge in [0.25, 0.3) is 0 Å². The lowest BCUT2D eigenvalue weighted by Crippen LogP contribution is -2.22. The summed E-state index contributed by atoms with van der Waals surface area (Å²) in [6, 6.07) is 70.5. The van der Waals surface area contributed by atoms with Gasteiger partial charge in [-0.3, -0.25) is 0 Å². The average Bonchev–Trinajstić information content (AvgIpc) is 3.91. The molecule has 2 aromatic heterocycles. The molecule has 64 heavy (non-hydrogen) atoms. The first-order valence-electron chi connectivity index (χ1n) is 22.3. The molecule has 11 aromatic rings. The Hall–Kier alpha value is -7.56. The summed E-state index contributed by atoms with van der Waals surface area (Å²) < 4.78 is 4.75. The minimum atomic E-state index is -0.155. The molecule has 0 fully saturated rings. The van der Waals surface area contributed by atoms with Crippen molar-refractivity contribution in [3.05, 3.63) is 194 Å². The monoisotopic (exact) mass is 826 g/mol. The first-order chi connectivity index (χ1) is 31.0. The summed E-state index contributed by atoms with van der Waals surface area (Å²) in [6.45, 7) is 13.5. The topological polar surface area (TPSA) is 35.6 Å². The van der Waals surface area contributed by atoms with E-state index >= 15 is 0 Å². The zero-order valence-electron chi connectivity index (χ0n) is 37.3. The molecule has 0 aliphatic rings. The maximum absolute atomic E-state index is 5.30. The largest absolute Gasteiger partial charge is 0.319 e. The summed E-state index contributed by atoms with van der Waals surface area (Å²) in [7, 11) is 0. The molecule has 0 saturated carbocycles. The van der Waals surface area contributed by atoms with E-state index in [1.165, 1.54) is 43.8 Å². The highest BCUT2D eigenvalue weighted by atomic mass is 15.1. The summed E-state index contributed by atoms with van der Waals surface area (Å²) in [5.74, 6) is 1.97. The van der Waals surface area contributed by atoms with Crippen molar-refractivity contribution in [1.29, 1.82) is 0 Å². The molecule has 0 aliphatic heterocycles. The Morgan fingerprint density at radius 1 is 0.297 bits per heavy atom. The first kappa shape index (κ1) is 39.3. The Kier molecular flexibility index (Phi) is 9.25. The molecule has 9 aromatic carbocycles. The molecule has 4 nitrogen and oxygen atoms in total. The van der Waals surface area contributed by atoms with Crippen LogP contribution in [0.15, 0.2) is 194 Å². The molecule has 0 radical (unpaired) electrons. The Morgan fingerprint density at radius 2 is 0.609 bits per heavy atom. The van der Waals surface area contributed by atoms with Crippen LogP contribution >= 0.6 is 0 Å². The van der Waals surface area contributed by atoms with E-state index in [1.54, 1.807) is 0 Å². The van der Waals surface area contributed by atoms with Gasteiger partial charge >= 0.3 is 0 Å². The van der Waals surface area contributed by atoms with Gasteiger partial charge in [-0.2, -0.15) is 0 Å². The van der Waals surface area contributed by atoms with Crippen molar-refractivity contribution in [2.45, 2.75) is 52.6 Å². The van der Waals surface area contributed by atoms with Crippen molar-refractivity contribution in [1.82, 2.24) is 19.1 Å². The van der Waals surface area contributed by atoms with Crippen LogP contribution in [0, 0.1) is 0 Å². The van der Waals surface area contributed by atoms with Crippen LogP contribution < -0.4 is 0 Å². The van der Waals surface area contributed by atoms with Crippen molar-refractivity contribution >= 4 is 43.6 Å². The van der Waals surface area contributed by atoms with Gasteiger partial charge < -0.3 is 9.13 Å². The SMILES string of the molecule is CC(C)(C)n1c(-c2ccccc2)nc2cc(-c3ccc4c(-c5ccccc5)c5cc(-c6ccc7c(c6)nc(-c6ccccc6)n7C(C)(C)C)ccc5c(-c5ccccc5)c4c3)ccc21. The Morgan fingerprint density at radius 3 is 0.953 bits per heavy atom. The summed E-state index contributed by atoms with van der Waals surface area (Å²) in [5.41, 5.74) is 15.6. The van der Waals surface area contributed by atoms with Crippen LogP contribution in [0.2, 0.25) is 0 Å². The van der Waals surface area contributed by atoms with Gasteiger partial charge in [-0.15, -0.1) is 0 Å². The van der Waals surface area contributed by atoms with E-state index in [9.17, 15) is 0 Å². The van der Waals surface area contributed by atoms with E-state index in [2.05, 4.69) is 245 Å². The molecule has 11 rings (SSSR count). The molecule has 0 spiro atoms. The van der Waals surface area contributed by atoms with E-state index in [0.29, 0.717) is 0 Å². The van der Waals surface area contributed by atoms with Gasteiger partial charge in [0.15, 0.2) is 0 Å². The maximum atomic E-state index is 5.30. The second-order valence-corrected chi connectivity index (χ2v) is 19.0. The highest BCUT2D eigenvalue weighted by Crippen LogP contribution is 2.46. The van der Waals surface area contributed by atoms with E-state index in [-0.39, 0.29) is 11.1 Å². The number of imidazole rings is 2. The molecule has 0 saturated heterocycles. The predicted molar refractivity (Wildman–Crippen MR) is 271 cm³/mol. The van der Waals surface area contributed by atoms with Crippen LogP contribution in [0.25, 0.3) is 111 Å². The standard InChI is InChI=1S/C60H50N4/c1-59(2,3)63-53-33-29-45(37-51(53)61-57(63)41-23-15-9-16-24-41)43-27-31-47-49(35-43)55(39-19-11-7-12-20-39)48-32-28-44(36-50(48)56(47)40-21-13-8-14-22-40)46-30-34-54-52(38-46)62-58(64(54)60(4,5)6)42-25-17-10-18-26-42/h7-38H,1-6H3. The molecular formula is C60H50N4. The fraction of sp³-hybridized carbons (Fsp3) is 0.133. The fourth-order valence-corrected chi connectivity index (χ4v) is 9.86. The van der Waals surface area contributed by atoms with Crippen molar-refractivity contribution in [2.75, 3.05) is 0 Å². The highest BCUT2D eigenvalue weighted by Gasteiger charge is 2.25. The Bertz CT molecular complexity index is 3290. The minimum Gasteiger partial charge on any atom is -0.319 e. The lowest BCUT2D eigenvalue weighted by atomic mass is 9.84. The predicted octanol–water partition coefficient (Wildman–Crippen LogP) is 16.2. The van der Waals surface area contributed by atoms with Crippen LogP contribution in [0.5, 0.6) is 0 Å². The molecular weight excluding hydrogens is 777 g/mol. The highest BCUT2D eigenvalue weighted by molar-refractivity contribution is 6.22. The third-order valence-corrected chi connectivity index (χ3v) is 12.6. The average molecular weight is 827 g/mol. The number of nitrogens with zero attached hydrogens (tertiary/aromatic N) is 4. The van der Waals surface area contributed by atoms with Gasteiger partial charge in [-0.05, 0) is 144 Å². The fourth-order valence-electron chi connectivity index (χ4n) is 9.86. The molecule has 0 N–H and O–H groups in total. The van der Waals surface area contributed by atoms with Gasteiger partial charge in [0.05, 0.1) is 22.1 Å². The normalized spacial score (nSPS) is 12.2. The zero-order valence-corrected chi connectivity index (χ0v) is 37.3. The van der Waals surface area contributed by atoms with Crippen LogP contribution in [0.4, 0.5) is 0 Å². The second-order valence-electron chi connectivity index (χ2n) is 19.0.